The molecular weight excluding hydrogens is 395 g/mol. The van der Waals surface area contributed by atoms with Crippen molar-refractivity contribution in [2.24, 2.45) is 7.05 Å². The van der Waals surface area contributed by atoms with Gasteiger partial charge in [-0.1, -0.05) is 23.9 Å². The van der Waals surface area contributed by atoms with Crippen LogP contribution in [0.4, 0.5) is 10.1 Å². The fourth-order valence-corrected chi connectivity index (χ4v) is 3.28. The van der Waals surface area contributed by atoms with Crippen LogP contribution in [-0.2, 0) is 18.3 Å². The topological polar surface area (TPSA) is 78.3 Å². The van der Waals surface area contributed by atoms with Gasteiger partial charge in [-0.05, 0) is 36.4 Å². The Morgan fingerprint density at radius 3 is 2.59 bits per heavy atom. The number of amides is 1. The number of methoxy groups -OCH3 is 1. The van der Waals surface area contributed by atoms with E-state index >= 15 is 0 Å². The lowest BCUT2D eigenvalue weighted by atomic mass is 10.3. The van der Waals surface area contributed by atoms with E-state index in [2.05, 4.69) is 15.5 Å². The molecule has 0 atom stereocenters. The number of ether oxygens (including phenoxy) is 2. The first kappa shape index (κ1) is 20.7. The smallest absolute Gasteiger partial charge is 0.232 e. The van der Waals surface area contributed by atoms with Crippen LogP contribution in [-0.4, -0.2) is 40.1 Å². The molecule has 1 N–H and O–H groups in total. The lowest BCUT2D eigenvalue weighted by Gasteiger charge is -2.10. The van der Waals surface area contributed by atoms with Crippen LogP contribution in [0, 0.1) is 5.82 Å². The van der Waals surface area contributed by atoms with Crippen molar-refractivity contribution in [3.8, 4) is 11.5 Å². The van der Waals surface area contributed by atoms with Crippen LogP contribution in [0.15, 0.2) is 53.7 Å². The minimum Gasteiger partial charge on any atom is -0.493 e. The van der Waals surface area contributed by atoms with Gasteiger partial charge < -0.3 is 19.4 Å². The SMILES string of the molecule is COc1ccccc1OCCSc1nnc(CC(=O)Nc2ccc(F)cc2)n1C. The fraction of sp³-hybridized carbons (Fsp3) is 0.250. The molecule has 9 heteroatoms. The fourth-order valence-electron chi connectivity index (χ4n) is 2.53. The molecule has 0 aliphatic carbocycles. The molecule has 0 spiro atoms. The Morgan fingerprint density at radius 2 is 1.86 bits per heavy atom. The van der Waals surface area contributed by atoms with Crippen molar-refractivity contribution in [2.45, 2.75) is 11.6 Å². The van der Waals surface area contributed by atoms with Gasteiger partial charge in [0.1, 0.15) is 11.6 Å². The van der Waals surface area contributed by atoms with Gasteiger partial charge >= 0.3 is 0 Å². The molecule has 3 rings (SSSR count). The molecule has 0 fully saturated rings. The number of hydrogen-bond donors (Lipinski definition) is 1. The van der Waals surface area contributed by atoms with E-state index in [1.54, 1.807) is 11.7 Å². The van der Waals surface area contributed by atoms with Crippen LogP contribution in [0.2, 0.25) is 0 Å². The molecule has 1 heterocycles. The predicted octanol–water partition coefficient (Wildman–Crippen LogP) is 3.32. The van der Waals surface area contributed by atoms with Gasteiger partial charge in [-0.2, -0.15) is 0 Å². The Bertz CT molecular complexity index is 963. The molecule has 3 aromatic rings. The number of carbonyl (C=O) groups is 1. The van der Waals surface area contributed by atoms with Gasteiger partial charge in [0.05, 0.1) is 20.1 Å². The number of rotatable bonds is 9. The van der Waals surface area contributed by atoms with Crippen molar-refractivity contribution < 1.29 is 18.7 Å². The summed E-state index contributed by atoms with van der Waals surface area (Å²) in [5.74, 6) is 1.97. The van der Waals surface area contributed by atoms with Crippen molar-refractivity contribution in [3.63, 3.8) is 0 Å². The number of nitrogens with zero attached hydrogens (tertiary/aromatic N) is 3. The van der Waals surface area contributed by atoms with Crippen LogP contribution in [0.3, 0.4) is 0 Å². The van der Waals surface area contributed by atoms with E-state index in [9.17, 15) is 9.18 Å². The van der Waals surface area contributed by atoms with Crippen LogP contribution < -0.4 is 14.8 Å². The molecule has 7 nitrogen and oxygen atoms in total. The number of anilines is 1. The summed E-state index contributed by atoms with van der Waals surface area (Å²) in [4.78, 5) is 12.2. The third-order valence-electron chi connectivity index (χ3n) is 4.01. The van der Waals surface area contributed by atoms with Crippen molar-refractivity contribution in [1.29, 1.82) is 0 Å². The molecule has 2 aromatic carbocycles. The highest BCUT2D eigenvalue weighted by Gasteiger charge is 2.13. The van der Waals surface area contributed by atoms with Crippen LogP contribution in [0.1, 0.15) is 5.82 Å². The summed E-state index contributed by atoms with van der Waals surface area (Å²) in [6.07, 6.45) is 0.0686. The molecule has 0 unspecified atom stereocenters. The highest BCUT2D eigenvalue weighted by Crippen LogP contribution is 2.26. The standard InChI is InChI=1S/C20H21FN4O3S/c1-25-18(13-19(26)22-15-9-7-14(21)8-10-15)23-24-20(25)29-12-11-28-17-6-4-3-5-16(17)27-2/h3-10H,11-13H2,1-2H3,(H,22,26). The maximum Gasteiger partial charge on any atom is 0.232 e. The molecule has 0 bridgehead atoms. The van der Waals surface area contributed by atoms with Crippen LogP contribution >= 0.6 is 11.8 Å². The maximum absolute atomic E-state index is 12.9. The minimum atomic E-state index is -0.354. The van der Waals surface area contributed by atoms with Gasteiger partial charge in [-0.25, -0.2) is 4.39 Å². The van der Waals surface area contributed by atoms with Crippen LogP contribution in [0.5, 0.6) is 11.5 Å². The lowest BCUT2D eigenvalue weighted by Crippen LogP contribution is -2.17. The molecule has 0 saturated heterocycles. The molecule has 0 saturated carbocycles. The Balaban J connectivity index is 1.48. The zero-order chi connectivity index (χ0) is 20.6. The number of halogens is 1. The Hall–Kier alpha value is -3.07. The van der Waals surface area contributed by atoms with Gasteiger partial charge in [-0.3, -0.25) is 4.79 Å². The van der Waals surface area contributed by atoms with Crippen LogP contribution in [0.25, 0.3) is 0 Å². The minimum absolute atomic E-state index is 0.0686. The molecule has 1 amide bonds. The Labute approximate surface area is 172 Å². The first-order chi connectivity index (χ1) is 14.1. The van der Waals surface area contributed by atoms with Crippen molar-refractivity contribution in [1.82, 2.24) is 14.8 Å². The van der Waals surface area contributed by atoms with Gasteiger partial charge in [0.2, 0.25) is 5.91 Å². The Morgan fingerprint density at radius 1 is 1.14 bits per heavy atom. The second kappa shape index (κ2) is 9.92. The second-order valence-electron chi connectivity index (χ2n) is 6.04. The molecule has 0 radical (unpaired) electrons. The number of nitrogens with one attached hydrogen (secondary N) is 1. The van der Waals surface area contributed by atoms with E-state index in [-0.39, 0.29) is 18.1 Å². The molecule has 1 aromatic heterocycles. The van der Waals surface area contributed by atoms with E-state index < -0.39 is 0 Å². The molecule has 0 aliphatic rings. The number of thioether (sulfide) groups is 1. The average Bonchev–Trinajstić information content (AvgIpc) is 3.06. The summed E-state index contributed by atoms with van der Waals surface area (Å²) in [5.41, 5.74) is 0.529. The van der Waals surface area contributed by atoms with E-state index in [1.165, 1.54) is 36.0 Å². The molecular formula is C20H21FN4O3S. The highest BCUT2D eigenvalue weighted by molar-refractivity contribution is 7.99. The number of para-hydroxylation sites is 2. The van der Waals surface area contributed by atoms with Crippen molar-refractivity contribution >= 4 is 23.4 Å². The quantitative estimate of drug-likeness (QED) is 0.426. The first-order valence-electron chi connectivity index (χ1n) is 8.89. The summed E-state index contributed by atoms with van der Waals surface area (Å²) in [6.45, 7) is 0.471. The predicted molar refractivity (Wildman–Crippen MR) is 109 cm³/mol. The van der Waals surface area contributed by atoms with Gasteiger partial charge in [0.25, 0.3) is 0 Å². The van der Waals surface area contributed by atoms with Gasteiger partial charge in [0, 0.05) is 18.5 Å². The summed E-state index contributed by atoms with van der Waals surface area (Å²) in [7, 11) is 3.41. The lowest BCUT2D eigenvalue weighted by molar-refractivity contribution is -0.115. The average molecular weight is 416 g/mol. The van der Waals surface area contributed by atoms with Crippen molar-refractivity contribution in [2.75, 3.05) is 24.8 Å². The number of carbonyl (C=O) groups excluding carboxylic acids is 1. The van der Waals surface area contributed by atoms with E-state index in [4.69, 9.17) is 9.47 Å². The second-order valence-corrected chi connectivity index (χ2v) is 7.10. The van der Waals surface area contributed by atoms with Crippen molar-refractivity contribution in [3.05, 3.63) is 60.2 Å². The third kappa shape index (κ3) is 5.71. The zero-order valence-electron chi connectivity index (χ0n) is 16.1. The van der Waals surface area contributed by atoms with Gasteiger partial charge in [-0.15, -0.1) is 10.2 Å². The molecule has 29 heavy (non-hydrogen) atoms. The highest BCUT2D eigenvalue weighted by atomic mass is 32.2. The van der Waals surface area contributed by atoms with E-state index in [0.29, 0.717) is 40.5 Å². The summed E-state index contributed by atoms with van der Waals surface area (Å²) >= 11 is 1.48. The summed E-state index contributed by atoms with van der Waals surface area (Å²) in [6, 6.07) is 13.1. The molecule has 152 valence electrons. The van der Waals surface area contributed by atoms with E-state index in [1.807, 2.05) is 31.3 Å². The van der Waals surface area contributed by atoms with E-state index in [0.717, 1.165) is 0 Å². The monoisotopic (exact) mass is 416 g/mol. The zero-order valence-corrected chi connectivity index (χ0v) is 16.9. The molecule has 0 aliphatic heterocycles. The van der Waals surface area contributed by atoms with Gasteiger partial charge in [0.15, 0.2) is 16.7 Å². The third-order valence-corrected chi connectivity index (χ3v) is 5.00. The Kier molecular flexibility index (Phi) is 7.07. The number of aromatic nitrogens is 3. The maximum atomic E-state index is 12.9. The number of hydrogen-bond acceptors (Lipinski definition) is 6. The normalized spacial score (nSPS) is 10.6. The summed E-state index contributed by atoms with van der Waals surface area (Å²) < 4.78 is 25.7. The summed E-state index contributed by atoms with van der Waals surface area (Å²) in [5, 5.41) is 11.6. The first-order valence-corrected chi connectivity index (χ1v) is 9.87. The largest absolute Gasteiger partial charge is 0.493 e. The number of benzene rings is 2.